The molecule has 0 radical (unpaired) electrons. The summed E-state index contributed by atoms with van der Waals surface area (Å²) in [7, 11) is 0. The van der Waals surface area contributed by atoms with E-state index in [-0.39, 0.29) is 0 Å². The molecule has 2 N–H and O–H groups in total. The summed E-state index contributed by atoms with van der Waals surface area (Å²) in [4.78, 5) is 2.66. The highest BCUT2D eigenvalue weighted by Crippen LogP contribution is 2.22. The summed E-state index contributed by atoms with van der Waals surface area (Å²) in [5.41, 5.74) is 5.96. The van der Waals surface area contributed by atoms with Crippen LogP contribution >= 0.6 is 11.8 Å². The van der Waals surface area contributed by atoms with Crippen LogP contribution in [0, 0.1) is 5.92 Å². The molecular weight excluding hydrogens is 228 g/mol. The molecule has 2 nitrogen and oxygen atoms in total. The number of rotatable bonds is 7. The van der Waals surface area contributed by atoms with Crippen LogP contribution in [0.3, 0.4) is 0 Å². The molecule has 17 heavy (non-hydrogen) atoms. The molecule has 0 spiro atoms. The van der Waals surface area contributed by atoms with Gasteiger partial charge in [0.25, 0.3) is 0 Å². The molecule has 1 rings (SSSR count). The van der Waals surface area contributed by atoms with Crippen molar-refractivity contribution in [2.24, 2.45) is 11.7 Å². The fraction of sp³-hybridized carbons (Fsp3) is 1.00. The largest absolute Gasteiger partial charge is 0.329 e. The van der Waals surface area contributed by atoms with E-state index in [0.717, 1.165) is 12.5 Å². The Hall–Kier alpha value is 0.270. The van der Waals surface area contributed by atoms with Crippen LogP contribution in [-0.4, -0.2) is 42.6 Å². The topological polar surface area (TPSA) is 29.3 Å². The van der Waals surface area contributed by atoms with Crippen molar-refractivity contribution in [2.45, 2.75) is 51.5 Å². The Morgan fingerprint density at radius 2 is 2.18 bits per heavy atom. The van der Waals surface area contributed by atoms with Crippen molar-refractivity contribution in [3.63, 3.8) is 0 Å². The zero-order valence-electron chi connectivity index (χ0n) is 11.7. The molecule has 2 atom stereocenters. The first-order valence-electron chi connectivity index (χ1n) is 7.24. The lowest BCUT2D eigenvalue weighted by atomic mass is 9.98. The monoisotopic (exact) mass is 258 g/mol. The lowest BCUT2D eigenvalue weighted by Gasteiger charge is -2.29. The molecule has 102 valence electrons. The zero-order chi connectivity index (χ0) is 12.5. The summed E-state index contributed by atoms with van der Waals surface area (Å²) >= 11 is 1.95. The van der Waals surface area contributed by atoms with Crippen LogP contribution in [0.2, 0.25) is 0 Å². The van der Waals surface area contributed by atoms with Gasteiger partial charge in [0.1, 0.15) is 0 Å². The van der Waals surface area contributed by atoms with Crippen molar-refractivity contribution in [1.29, 1.82) is 0 Å². The summed E-state index contributed by atoms with van der Waals surface area (Å²) in [6.07, 6.45) is 10.3. The third-order valence-electron chi connectivity index (χ3n) is 4.13. The Morgan fingerprint density at radius 3 is 2.82 bits per heavy atom. The van der Waals surface area contributed by atoms with Gasteiger partial charge >= 0.3 is 0 Å². The van der Waals surface area contributed by atoms with Gasteiger partial charge in [0.15, 0.2) is 0 Å². The number of thioether (sulfide) groups is 1. The molecule has 1 saturated heterocycles. The van der Waals surface area contributed by atoms with Gasteiger partial charge in [0.05, 0.1) is 0 Å². The molecule has 1 fully saturated rings. The quantitative estimate of drug-likeness (QED) is 0.712. The predicted octanol–water partition coefficient (Wildman–Crippen LogP) is 2.97. The van der Waals surface area contributed by atoms with Crippen LogP contribution in [-0.2, 0) is 0 Å². The fourth-order valence-corrected chi connectivity index (χ4v) is 3.33. The molecule has 1 aliphatic heterocycles. The van der Waals surface area contributed by atoms with Gasteiger partial charge in [-0.25, -0.2) is 0 Å². The Bertz CT molecular complexity index is 187. The van der Waals surface area contributed by atoms with Crippen LogP contribution in [0.25, 0.3) is 0 Å². The van der Waals surface area contributed by atoms with Crippen molar-refractivity contribution in [2.75, 3.05) is 31.6 Å². The van der Waals surface area contributed by atoms with Crippen molar-refractivity contribution in [1.82, 2.24) is 4.90 Å². The van der Waals surface area contributed by atoms with E-state index in [0.29, 0.717) is 6.04 Å². The lowest BCUT2D eigenvalue weighted by molar-refractivity contribution is 0.195. The van der Waals surface area contributed by atoms with Crippen molar-refractivity contribution in [3.8, 4) is 0 Å². The maximum Gasteiger partial charge on any atom is 0.0218 e. The van der Waals surface area contributed by atoms with Gasteiger partial charge in [-0.2, -0.15) is 11.8 Å². The number of hydrogen-bond donors (Lipinski definition) is 1. The second-order valence-electron chi connectivity index (χ2n) is 5.27. The van der Waals surface area contributed by atoms with E-state index in [1.54, 1.807) is 0 Å². The van der Waals surface area contributed by atoms with E-state index in [1.165, 1.54) is 57.4 Å². The molecule has 0 aromatic carbocycles. The molecule has 3 heteroatoms. The highest BCUT2D eigenvalue weighted by molar-refractivity contribution is 7.98. The lowest BCUT2D eigenvalue weighted by Crippen LogP contribution is -2.41. The smallest absolute Gasteiger partial charge is 0.0218 e. The first-order chi connectivity index (χ1) is 8.31. The first kappa shape index (κ1) is 15.3. The zero-order valence-corrected chi connectivity index (χ0v) is 12.5. The highest BCUT2D eigenvalue weighted by Gasteiger charge is 2.21. The molecule has 0 aromatic rings. The van der Waals surface area contributed by atoms with Crippen molar-refractivity contribution >= 4 is 11.8 Å². The standard InChI is InChI=1S/C14H30N2S/c1-3-13-6-4-9-16(10-8-13)14(12-15)7-5-11-17-2/h13-14H,3-12,15H2,1-2H3. The Labute approximate surface area is 112 Å². The van der Waals surface area contributed by atoms with Crippen LogP contribution in [0.15, 0.2) is 0 Å². The van der Waals surface area contributed by atoms with E-state index < -0.39 is 0 Å². The second-order valence-corrected chi connectivity index (χ2v) is 6.25. The number of nitrogens with two attached hydrogens (primary N) is 1. The van der Waals surface area contributed by atoms with Crippen LogP contribution < -0.4 is 5.73 Å². The van der Waals surface area contributed by atoms with E-state index in [2.05, 4.69) is 18.1 Å². The minimum atomic E-state index is 0.637. The predicted molar refractivity (Wildman–Crippen MR) is 79.7 cm³/mol. The first-order valence-corrected chi connectivity index (χ1v) is 8.64. The van der Waals surface area contributed by atoms with E-state index in [4.69, 9.17) is 5.73 Å². The van der Waals surface area contributed by atoms with E-state index in [9.17, 15) is 0 Å². The Morgan fingerprint density at radius 1 is 1.35 bits per heavy atom. The van der Waals surface area contributed by atoms with Gasteiger partial charge < -0.3 is 5.73 Å². The number of hydrogen-bond acceptors (Lipinski definition) is 3. The van der Waals surface area contributed by atoms with Gasteiger partial charge in [-0.15, -0.1) is 0 Å². The van der Waals surface area contributed by atoms with Crippen molar-refractivity contribution < 1.29 is 0 Å². The SMILES string of the molecule is CCC1CCCN(C(CN)CCCSC)CC1. The van der Waals surface area contributed by atoms with E-state index >= 15 is 0 Å². The normalized spacial score (nSPS) is 24.5. The Kier molecular flexibility index (Phi) is 8.33. The van der Waals surface area contributed by atoms with Crippen LogP contribution in [0.1, 0.15) is 45.4 Å². The van der Waals surface area contributed by atoms with Crippen molar-refractivity contribution in [3.05, 3.63) is 0 Å². The summed E-state index contributed by atoms with van der Waals surface area (Å²) in [6.45, 7) is 5.72. The molecule has 0 saturated carbocycles. The fourth-order valence-electron chi connectivity index (χ4n) is 2.87. The average molecular weight is 258 g/mol. The Balaban J connectivity index is 2.34. The molecule has 0 aromatic heterocycles. The number of likely N-dealkylation sites (tertiary alicyclic amines) is 1. The molecular formula is C14H30N2S. The highest BCUT2D eigenvalue weighted by atomic mass is 32.2. The third-order valence-corrected chi connectivity index (χ3v) is 4.83. The van der Waals surface area contributed by atoms with Crippen LogP contribution in [0.5, 0.6) is 0 Å². The second kappa shape index (κ2) is 9.23. The maximum atomic E-state index is 5.96. The minimum Gasteiger partial charge on any atom is -0.329 e. The van der Waals surface area contributed by atoms with Gasteiger partial charge in [0, 0.05) is 12.6 Å². The number of nitrogens with zero attached hydrogens (tertiary/aromatic N) is 1. The molecule has 1 heterocycles. The van der Waals surface area contributed by atoms with Gasteiger partial charge in [-0.05, 0) is 63.1 Å². The summed E-state index contributed by atoms with van der Waals surface area (Å²) in [5, 5.41) is 0. The molecule has 0 amide bonds. The van der Waals surface area contributed by atoms with Crippen LogP contribution in [0.4, 0.5) is 0 Å². The summed E-state index contributed by atoms with van der Waals surface area (Å²) in [6, 6.07) is 0.637. The summed E-state index contributed by atoms with van der Waals surface area (Å²) in [5.74, 6) is 2.24. The van der Waals surface area contributed by atoms with Gasteiger partial charge in [0.2, 0.25) is 0 Å². The van der Waals surface area contributed by atoms with E-state index in [1.807, 2.05) is 11.8 Å². The molecule has 2 unspecified atom stereocenters. The molecule has 1 aliphatic rings. The van der Waals surface area contributed by atoms with Gasteiger partial charge in [-0.1, -0.05) is 13.3 Å². The molecule has 0 bridgehead atoms. The van der Waals surface area contributed by atoms with Gasteiger partial charge in [-0.3, -0.25) is 4.90 Å². The molecule has 0 aliphatic carbocycles. The third kappa shape index (κ3) is 5.62. The maximum absolute atomic E-state index is 5.96. The average Bonchev–Trinajstić information content (AvgIpc) is 2.60. The summed E-state index contributed by atoms with van der Waals surface area (Å²) < 4.78 is 0. The minimum absolute atomic E-state index is 0.637.